The molecule has 0 unspecified atom stereocenters. The Morgan fingerprint density at radius 2 is 1.29 bits per heavy atom. The van der Waals surface area contributed by atoms with Gasteiger partial charge < -0.3 is 0 Å². The van der Waals surface area contributed by atoms with Gasteiger partial charge in [0.15, 0.2) is 0 Å². The van der Waals surface area contributed by atoms with Crippen molar-refractivity contribution in [1.82, 2.24) is 23.9 Å². The van der Waals surface area contributed by atoms with Crippen molar-refractivity contribution in [2.45, 2.75) is 0 Å². The molecular weight excluding hydrogens is 466 g/mol. The Kier molecular flexibility index (Phi) is 3.73. The summed E-state index contributed by atoms with van der Waals surface area (Å²) in [5.41, 5.74) is 7.41. The van der Waals surface area contributed by atoms with Crippen molar-refractivity contribution in [3.05, 3.63) is 116 Å². The highest BCUT2D eigenvalue weighted by molar-refractivity contribution is 6.24. The maximum Gasteiger partial charge on any atom is 0.139 e. The van der Waals surface area contributed by atoms with Gasteiger partial charge in [-0.05, 0) is 58.6 Å². The summed E-state index contributed by atoms with van der Waals surface area (Å²) in [6.45, 7) is 0. The summed E-state index contributed by atoms with van der Waals surface area (Å²) in [7, 11) is 0. The van der Waals surface area contributed by atoms with Gasteiger partial charge >= 0.3 is 0 Å². The van der Waals surface area contributed by atoms with Crippen LogP contribution in [0.2, 0.25) is 0 Å². The number of nitrogens with zero attached hydrogens (tertiary/aromatic N) is 5. The molecule has 9 rings (SSSR count). The van der Waals surface area contributed by atoms with Crippen molar-refractivity contribution < 1.29 is 0 Å². The first-order valence-electron chi connectivity index (χ1n) is 12.7. The number of hydrogen-bond donors (Lipinski definition) is 0. The Bertz CT molecular complexity index is 2380. The number of benzene rings is 5. The lowest BCUT2D eigenvalue weighted by Crippen LogP contribution is -1.99. The maximum absolute atomic E-state index is 4.93. The van der Waals surface area contributed by atoms with Crippen molar-refractivity contribution in [1.29, 1.82) is 0 Å². The first kappa shape index (κ1) is 19.8. The Morgan fingerprint density at radius 3 is 2.21 bits per heavy atom. The fourth-order valence-corrected chi connectivity index (χ4v) is 6.23. The number of aromatic nitrogens is 5. The third kappa shape index (κ3) is 2.47. The Balaban J connectivity index is 1.50. The minimum absolute atomic E-state index is 0.942. The summed E-state index contributed by atoms with van der Waals surface area (Å²) >= 11 is 0. The second-order valence-corrected chi connectivity index (χ2v) is 9.78. The molecule has 0 aliphatic rings. The molecule has 9 aromatic rings. The van der Waals surface area contributed by atoms with Crippen LogP contribution in [0.15, 0.2) is 116 Å². The van der Waals surface area contributed by atoms with Crippen LogP contribution in [0.5, 0.6) is 0 Å². The highest BCUT2D eigenvalue weighted by Gasteiger charge is 2.18. The molecule has 0 radical (unpaired) electrons. The third-order valence-electron chi connectivity index (χ3n) is 7.82. The highest BCUT2D eigenvalue weighted by Crippen LogP contribution is 2.38. The number of imidazole rings is 1. The van der Waals surface area contributed by atoms with Crippen LogP contribution < -0.4 is 0 Å². The van der Waals surface area contributed by atoms with Gasteiger partial charge in [0.2, 0.25) is 0 Å². The quantitative estimate of drug-likeness (QED) is 0.223. The number of hydrogen-bond acceptors (Lipinski definition) is 3. The predicted octanol–water partition coefficient (Wildman–Crippen LogP) is 7.83. The average Bonchev–Trinajstić information content (AvgIpc) is 3.53. The van der Waals surface area contributed by atoms with Gasteiger partial charge in [-0.3, -0.25) is 8.97 Å². The smallest absolute Gasteiger partial charge is 0.139 e. The van der Waals surface area contributed by atoms with Gasteiger partial charge in [-0.25, -0.2) is 15.0 Å². The number of rotatable bonds is 1. The molecule has 5 aromatic carbocycles. The van der Waals surface area contributed by atoms with Crippen LogP contribution in [0, 0.1) is 0 Å². The van der Waals surface area contributed by atoms with Gasteiger partial charge in [0.25, 0.3) is 0 Å². The zero-order valence-corrected chi connectivity index (χ0v) is 20.2. The topological polar surface area (TPSA) is 48.0 Å². The Hall–Kier alpha value is -5.29. The van der Waals surface area contributed by atoms with E-state index in [1.54, 1.807) is 6.33 Å². The number of fused-ring (bicyclic) bond motifs is 13. The first-order chi connectivity index (χ1) is 18.9. The highest BCUT2D eigenvalue weighted by atomic mass is 15.1. The van der Waals surface area contributed by atoms with E-state index < -0.39 is 0 Å². The van der Waals surface area contributed by atoms with Gasteiger partial charge in [-0.2, -0.15) is 0 Å². The van der Waals surface area contributed by atoms with E-state index >= 15 is 0 Å². The normalized spacial score (nSPS) is 12.2. The second-order valence-electron chi connectivity index (χ2n) is 9.78. The van der Waals surface area contributed by atoms with Crippen LogP contribution in [0.3, 0.4) is 0 Å². The molecule has 0 atom stereocenters. The average molecular weight is 486 g/mol. The van der Waals surface area contributed by atoms with Crippen molar-refractivity contribution >= 4 is 71.1 Å². The lowest BCUT2D eigenvalue weighted by molar-refractivity contribution is 1.11. The summed E-state index contributed by atoms with van der Waals surface area (Å²) in [6, 6.07) is 36.6. The molecule has 0 spiro atoms. The van der Waals surface area contributed by atoms with Gasteiger partial charge in [0.1, 0.15) is 17.6 Å². The van der Waals surface area contributed by atoms with E-state index in [0.29, 0.717) is 0 Å². The monoisotopic (exact) mass is 485 g/mol. The molecule has 5 heteroatoms. The molecule has 0 amide bonds. The van der Waals surface area contributed by atoms with Crippen LogP contribution in [0.4, 0.5) is 0 Å². The van der Waals surface area contributed by atoms with Gasteiger partial charge in [0.05, 0.1) is 22.1 Å². The lowest BCUT2D eigenvalue weighted by atomic mass is 9.97. The fourth-order valence-electron chi connectivity index (χ4n) is 6.23. The molecule has 0 fully saturated rings. The van der Waals surface area contributed by atoms with E-state index in [-0.39, 0.29) is 0 Å². The van der Waals surface area contributed by atoms with Gasteiger partial charge in [-0.1, -0.05) is 60.7 Å². The van der Waals surface area contributed by atoms with Gasteiger partial charge in [0, 0.05) is 33.4 Å². The van der Waals surface area contributed by atoms with E-state index in [2.05, 4.69) is 116 Å². The van der Waals surface area contributed by atoms with E-state index in [9.17, 15) is 0 Å². The number of para-hydroxylation sites is 3. The molecule has 4 heterocycles. The Morgan fingerprint density at radius 1 is 0.553 bits per heavy atom. The van der Waals surface area contributed by atoms with E-state index in [1.807, 2.05) is 12.3 Å². The standard InChI is InChI=1S/C33H19N5/c1-2-9-24-21(7-1)26-17-20(13-14-22(26)27-18-34-19-35-32(24)27)37-29-11-5-3-8-23(29)25-15-16-31-36-28-10-4-6-12-30(28)38(31)33(25)37/h1-19H. The van der Waals surface area contributed by atoms with Crippen molar-refractivity contribution in [3.63, 3.8) is 0 Å². The largest absolute Gasteiger partial charge is 0.295 e. The number of pyridine rings is 1. The SMILES string of the molecule is c1ccc2c(c1)nc1ccc3c4ccccc4n(-c4ccc5c(c4)c4ccccc4c4ncncc54)c3n12. The maximum atomic E-state index is 4.93. The van der Waals surface area contributed by atoms with Crippen molar-refractivity contribution in [2.75, 3.05) is 0 Å². The summed E-state index contributed by atoms with van der Waals surface area (Å²) in [5.74, 6) is 0. The van der Waals surface area contributed by atoms with Crippen molar-refractivity contribution in [2.24, 2.45) is 0 Å². The zero-order valence-electron chi connectivity index (χ0n) is 20.2. The van der Waals surface area contributed by atoms with E-state index in [0.717, 1.165) is 49.7 Å². The van der Waals surface area contributed by atoms with Crippen LogP contribution >= 0.6 is 0 Å². The third-order valence-corrected chi connectivity index (χ3v) is 7.82. The molecule has 4 aromatic heterocycles. The molecule has 0 aliphatic carbocycles. The van der Waals surface area contributed by atoms with Gasteiger partial charge in [-0.15, -0.1) is 0 Å². The fraction of sp³-hybridized carbons (Fsp3) is 0. The predicted molar refractivity (Wildman–Crippen MR) is 155 cm³/mol. The molecule has 0 saturated heterocycles. The minimum atomic E-state index is 0.942. The molecule has 38 heavy (non-hydrogen) atoms. The van der Waals surface area contributed by atoms with E-state index in [4.69, 9.17) is 4.98 Å². The summed E-state index contributed by atoms with van der Waals surface area (Å²) in [4.78, 5) is 13.9. The molecule has 5 nitrogen and oxygen atoms in total. The van der Waals surface area contributed by atoms with Crippen LogP contribution in [0.25, 0.3) is 76.8 Å². The Labute approximate surface area is 216 Å². The van der Waals surface area contributed by atoms with Crippen LogP contribution in [-0.2, 0) is 0 Å². The summed E-state index contributed by atoms with van der Waals surface area (Å²) in [5, 5.41) is 8.16. The lowest BCUT2D eigenvalue weighted by Gasteiger charge is -2.13. The van der Waals surface area contributed by atoms with Crippen LogP contribution in [-0.4, -0.2) is 23.9 Å². The molecule has 0 aliphatic heterocycles. The van der Waals surface area contributed by atoms with Crippen molar-refractivity contribution in [3.8, 4) is 5.69 Å². The first-order valence-corrected chi connectivity index (χ1v) is 12.7. The summed E-state index contributed by atoms with van der Waals surface area (Å²) in [6.07, 6.45) is 3.56. The molecule has 0 N–H and O–H groups in total. The van der Waals surface area contributed by atoms with E-state index in [1.165, 1.54) is 27.1 Å². The van der Waals surface area contributed by atoms with Crippen LogP contribution in [0.1, 0.15) is 0 Å². The molecule has 176 valence electrons. The molecule has 0 bridgehead atoms. The second kappa shape index (κ2) is 7.14. The summed E-state index contributed by atoms with van der Waals surface area (Å²) < 4.78 is 4.67. The zero-order chi connectivity index (χ0) is 24.8. The molecular formula is C33H19N5. The molecule has 0 saturated carbocycles. The minimum Gasteiger partial charge on any atom is -0.295 e.